The van der Waals surface area contributed by atoms with Crippen molar-refractivity contribution < 1.29 is 19.4 Å². The Morgan fingerprint density at radius 2 is 1.73 bits per heavy atom. The van der Waals surface area contributed by atoms with Crippen LogP contribution in [0.5, 0.6) is 5.75 Å². The molecule has 0 saturated heterocycles. The Labute approximate surface area is 133 Å². The third kappa shape index (κ3) is 4.39. The van der Waals surface area contributed by atoms with Crippen LogP contribution >= 0.6 is 11.8 Å². The summed E-state index contributed by atoms with van der Waals surface area (Å²) in [5, 5.41) is 9.27. The number of carboxylic acids is 1. The zero-order valence-corrected chi connectivity index (χ0v) is 13.5. The molecule has 0 aromatic heterocycles. The highest BCUT2D eigenvalue weighted by Crippen LogP contribution is 2.32. The van der Waals surface area contributed by atoms with Gasteiger partial charge in [0, 0.05) is 0 Å². The fourth-order valence-corrected chi connectivity index (χ4v) is 2.53. The molecule has 0 aliphatic rings. The Kier molecular flexibility index (Phi) is 6.72. The van der Waals surface area contributed by atoms with E-state index in [1.54, 1.807) is 31.4 Å². The van der Waals surface area contributed by atoms with Crippen LogP contribution in [0.4, 0.5) is 4.79 Å². The molecule has 0 saturated carbocycles. The molecule has 1 unspecified atom stereocenters. The van der Waals surface area contributed by atoms with E-state index in [0.717, 1.165) is 16.5 Å². The van der Waals surface area contributed by atoms with Crippen LogP contribution in [-0.2, 0) is 4.79 Å². The summed E-state index contributed by atoms with van der Waals surface area (Å²) in [5.74, 6) is -0.367. The van der Waals surface area contributed by atoms with Crippen LogP contribution in [-0.4, -0.2) is 23.4 Å². The average Bonchev–Trinajstić information content (AvgIpc) is 2.53. The van der Waals surface area contributed by atoms with Gasteiger partial charge in [-0.05, 0) is 46.3 Å². The second-order valence-corrected chi connectivity index (χ2v) is 5.24. The maximum absolute atomic E-state index is 11.2. The maximum atomic E-state index is 11.2. The summed E-state index contributed by atoms with van der Waals surface area (Å²) in [7, 11) is 1.58. The lowest BCUT2D eigenvalue weighted by atomic mass is 10.0. The first-order chi connectivity index (χ1) is 10.5. The Hall–Kier alpha value is -2.21. The Balaban J connectivity index is 0.00000116. The number of rotatable bonds is 4. The number of benzene rings is 2. The first-order valence-electron chi connectivity index (χ1n) is 6.78. The van der Waals surface area contributed by atoms with Crippen LogP contribution < -0.4 is 10.5 Å². The molecule has 3 N–H and O–H groups in total. The minimum Gasteiger partial charge on any atom is -0.497 e. The summed E-state index contributed by atoms with van der Waals surface area (Å²) in [6, 6.07) is 10.7. The molecule has 1 atom stereocenters. The molecule has 2 rings (SSSR count). The minimum absolute atomic E-state index is 0.527. The number of carbonyl (C=O) groups is 2. The number of ether oxygens (including phenoxy) is 1. The Morgan fingerprint density at radius 3 is 2.27 bits per heavy atom. The van der Waals surface area contributed by atoms with Gasteiger partial charge in [0.15, 0.2) is 0 Å². The summed E-state index contributed by atoms with van der Waals surface area (Å²) in [6.07, 6.45) is 0. The molecule has 1 amide bonds. The summed E-state index contributed by atoms with van der Waals surface area (Å²) in [6.45, 7) is 4.00. The van der Waals surface area contributed by atoms with Gasteiger partial charge in [-0.3, -0.25) is 9.59 Å². The Bertz CT molecular complexity index is 672. The molecular formula is C16H19NO4S. The van der Waals surface area contributed by atoms with Gasteiger partial charge < -0.3 is 15.6 Å². The molecule has 2 aromatic carbocycles. The third-order valence-electron chi connectivity index (χ3n) is 2.83. The molecule has 0 radical (unpaired) electrons. The van der Waals surface area contributed by atoms with Crippen molar-refractivity contribution in [2.45, 2.75) is 19.1 Å². The minimum atomic E-state index is -1.10. The number of carbonyl (C=O) groups excluding carboxylic acids is 1. The van der Waals surface area contributed by atoms with Crippen molar-refractivity contribution in [2.75, 3.05) is 7.11 Å². The van der Waals surface area contributed by atoms with E-state index in [1.165, 1.54) is 0 Å². The predicted molar refractivity (Wildman–Crippen MR) is 89.4 cm³/mol. The van der Waals surface area contributed by atoms with E-state index in [2.05, 4.69) is 0 Å². The predicted octanol–water partition coefficient (Wildman–Crippen LogP) is 3.81. The second-order valence-electron chi connectivity index (χ2n) is 4.13. The highest BCUT2D eigenvalue weighted by atomic mass is 32.2. The van der Waals surface area contributed by atoms with Crippen molar-refractivity contribution in [3.63, 3.8) is 0 Å². The van der Waals surface area contributed by atoms with Crippen molar-refractivity contribution in [3.8, 4) is 5.75 Å². The number of methoxy groups -OCH3 is 1. The first kappa shape index (κ1) is 17.8. The molecule has 0 aliphatic heterocycles. The van der Waals surface area contributed by atoms with Gasteiger partial charge in [-0.1, -0.05) is 32.0 Å². The Morgan fingerprint density at radius 1 is 1.14 bits per heavy atom. The summed E-state index contributed by atoms with van der Waals surface area (Å²) < 4.78 is 5.13. The van der Waals surface area contributed by atoms with E-state index in [1.807, 2.05) is 26.0 Å². The quantitative estimate of drug-likeness (QED) is 0.893. The molecule has 5 nitrogen and oxygen atoms in total. The highest BCUT2D eigenvalue weighted by Gasteiger charge is 2.23. The summed E-state index contributed by atoms with van der Waals surface area (Å²) in [5.41, 5.74) is 5.59. The topological polar surface area (TPSA) is 89.6 Å². The number of primary amides is 1. The smallest absolute Gasteiger partial charge is 0.321 e. The summed E-state index contributed by atoms with van der Waals surface area (Å²) >= 11 is 0.592. The van der Waals surface area contributed by atoms with Gasteiger partial charge in [0.1, 0.15) is 11.0 Å². The van der Waals surface area contributed by atoms with Crippen molar-refractivity contribution in [1.82, 2.24) is 0 Å². The number of nitrogens with two attached hydrogens (primary N) is 1. The number of aliphatic carboxylic acids is 1. The number of fused-ring (bicyclic) bond motifs is 1. The van der Waals surface area contributed by atoms with Crippen molar-refractivity contribution in [1.29, 1.82) is 0 Å². The summed E-state index contributed by atoms with van der Waals surface area (Å²) in [4.78, 5) is 22.2. The number of carboxylic acid groups (broad SMARTS) is 1. The monoisotopic (exact) mass is 321 g/mol. The molecule has 0 heterocycles. The molecule has 118 valence electrons. The third-order valence-corrected chi connectivity index (χ3v) is 3.77. The van der Waals surface area contributed by atoms with Crippen LogP contribution in [0.2, 0.25) is 0 Å². The molecule has 6 heteroatoms. The molecular weight excluding hydrogens is 302 g/mol. The van der Waals surface area contributed by atoms with Gasteiger partial charge in [0.2, 0.25) is 0 Å². The zero-order chi connectivity index (χ0) is 16.7. The van der Waals surface area contributed by atoms with Crippen LogP contribution in [0.25, 0.3) is 10.8 Å². The van der Waals surface area contributed by atoms with E-state index in [4.69, 9.17) is 10.5 Å². The molecule has 0 fully saturated rings. The maximum Gasteiger partial charge on any atom is 0.321 e. The van der Waals surface area contributed by atoms with E-state index in [-0.39, 0.29) is 0 Å². The van der Waals surface area contributed by atoms with Gasteiger partial charge in [0.05, 0.1) is 7.11 Å². The lowest BCUT2D eigenvalue weighted by Gasteiger charge is -2.11. The lowest BCUT2D eigenvalue weighted by Crippen LogP contribution is -2.13. The van der Waals surface area contributed by atoms with Gasteiger partial charge in [-0.2, -0.15) is 0 Å². The van der Waals surface area contributed by atoms with Gasteiger partial charge in [-0.25, -0.2) is 0 Å². The molecule has 0 spiro atoms. The highest BCUT2D eigenvalue weighted by molar-refractivity contribution is 8.14. The van der Waals surface area contributed by atoms with Gasteiger partial charge in [0.25, 0.3) is 5.24 Å². The van der Waals surface area contributed by atoms with Gasteiger partial charge >= 0.3 is 5.97 Å². The SMILES string of the molecule is CC.COc1ccc2cc(C(SC(N)=O)C(=O)O)ccc2c1. The lowest BCUT2D eigenvalue weighted by molar-refractivity contribution is -0.136. The van der Waals surface area contributed by atoms with Crippen LogP contribution in [0.15, 0.2) is 36.4 Å². The number of amides is 1. The molecule has 0 aliphatic carbocycles. The van der Waals surface area contributed by atoms with Crippen LogP contribution in [0, 0.1) is 0 Å². The second kappa shape index (κ2) is 8.29. The zero-order valence-electron chi connectivity index (χ0n) is 12.7. The normalized spacial score (nSPS) is 11.2. The fourth-order valence-electron chi connectivity index (χ4n) is 1.91. The van der Waals surface area contributed by atoms with E-state index < -0.39 is 16.5 Å². The average molecular weight is 321 g/mol. The van der Waals surface area contributed by atoms with E-state index in [9.17, 15) is 14.7 Å². The number of hydrogen-bond acceptors (Lipinski definition) is 4. The van der Waals surface area contributed by atoms with Crippen LogP contribution in [0.1, 0.15) is 24.7 Å². The van der Waals surface area contributed by atoms with Crippen molar-refractivity contribution in [3.05, 3.63) is 42.0 Å². The fraction of sp³-hybridized carbons (Fsp3) is 0.250. The number of hydrogen-bond donors (Lipinski definition) is 2. The van der Waals surface area contributed by atoms with Crippen LogP contribution in [0.3, 0.4) is 0 Å². The molecule has 0 bridgehead atoms. The number of thioether (sulfide) groups is 1. The van der Waals surface area contributed by atoms with E-state index in [0.29, 0.717) is 17.3 Å². The first-order valence-corrected chi connectivity index (χ1v) is 7.66. The standard InChI is InChI=1S/C14H13NO4S.C2H6/c1-19-11-5-4-8-6-10(3-2-9(8)7-11)12(13(16)17)20-14(15)18;1-2/h2-7,12H,1H3,(H2,15,18)(H,16,17);1-2H3. The molecule has 22 heavy (non-hydrogen) atoms. The van der Waals surface area contributed by atoms with E-state index >= 15 is 0 Å². The van der Waals surface area contributed by atoms with Gasteiger partial charge in [-0.15, -0.1) is 0 Å². The largest absolute Gasteiger partial charge is 0.497 e. The molecule has 2 aromatic rings. The van der Waals surface area contributed by atoms with Crippen molar-refractivity contribution in [2.24, 2.45) is 5.73 Å². The van der Waals surface area contributed by atoms with Crippen molar-refractivity contribution >= 4 is 33.7 Å².